The van der Waals surface area contributed by atoms with Crippen molar-refractivity contribution >= 4 is 0 Å². The highest BCUT2D eigenvalue weighted by molar-refractivity contribution is 5.27. The van der Waals surface area contributed by atoms with Gasteiger partial charge in [-0.2, -0.15) is 0 Å². The topological polar surface area (TPSA) is 0 Å². The second-order valence-corrected chi connectivity index (χ2v) is 6.16. The highest BCUT2D eigenvalue weighted by atomic mass is 14.2. The zero-order chi connectivity index (χ0) is 12.2. The minimum absolute atomic E-state index is 0.776. The summed E-state index contributed by atoms with van der Waals surface area (Å²) in [6, 6.07) is 11.5. The van der Waals surface area contributed by atoms with E-state index in [1.54, 1.807) is 0 Å². The molecule has 0 unspecified atom stereocenters. The summed E-state index contributed by atoms with van der Waals surface area (Å²) < 4.78 is 0. The molecule has 0 saturated heterocycles. The van der Waals surface area contributed by atoms with Crippen LogP contribution in [0.25, 0.3) is 0 Å². The average Bonchev–Trinajstić information content (AvgIpc) is 2.49. The summed E-state index contributed by atoms with van der Waals surface area (Å²) in [6.07, 6.45) is 14.0. The largest absolute Gasteiger partial charge is 0.0533 e. The molecule has 0 bridgehead atoms. The van der Waals surface area contributed by atoms with Gasteiger partial charge < -0.3 is 0 Å². The lowest BCUT2D eigenvalue weighted by molar-refractivity contribution is 0.434. The minimum atomic E-state index is 0.776. The maximum absolute atomic E-state index is 3.75. The van der Waals surface area contributed by atoms with Crippen molar-refractivity contribution in [1.82, 2.24) is 0 Å². The van der Waals surface area contributed by atoms with Crippen LogP contribution >= 0.6 is 0 Å². The van der Waals surface area contributed by atoms with Crippen LogP contribution in [-0.2, 0) is 0 Å². The van der Waals surface area contributed by atoms with Crippen molar-refractivity contribution in [1.29, 1.82) is 0 Å². The smallest absolute Gasteiger partial charge is 0.0108 e. The Hall–Kier alpha value is -0.780. The fraction of sp³-hybridized carbons (Fsp3) is 0.667. The minimum Gasteiger partial charge on any atom is -0.0533 e. The SMILES string of the molecule is [c]1cc(C2CCCCC2)[c]c(C2CCCCC2)c1. The number of hydrogen-bond acceptors (Lipinski definition) is 0. The van der Waals surface area contributed by atoms with Gasteiger partial charge in [-0.1, -0.05) is 50.7 Å². The summed E-state index contributed by atoms with van der Waals surface area (Å²) in [5.41, 5.74) is 2.91. The summed E-state index contributed by atoms with van der Waals surface area (Å²) in [4.78, 5) is 0. The molecule has 0 heterocycles. The van der Waals surface area contributed by atoms with Crippen LogP contribution in [0, 0.1) is 12.1 Å². The van der Waals surface area contributed by atoms with Crippen molar-refractivity contribution in [2.75, 3.05) is 0 Å². The summed E-state index contributed by atoms with van der Waals surface area (Å²) in [6.45, 7) is 0. The zero-order valence-electron chi connectivity index (χ0n) is 11.4. The van der Waals surface area contributed by atoms with Crippen LogP contribution in [0.2, 0.25) is 0 Å². The van der Waals surface area contributed by atoms with E-state index in [-0.39, 0.29) is 0 Å². The molecule has 96 valence electrons. The van der Waals surface area contributed by atoms with Gasteiger partial charge in [-0.15, -0.1) is 0 Å². The van der Waals surface area contributed by atoms with Gasteiger partial charge in [-0.3, -0.25) is 0 Å². The van der Waals surface area contributed by atoms with Gasteiger partial charge in [-0.25, -0.2) is 0 Å². The van der Waals surface area contributed by atoms with E-state index in [4.69, 9.17) is 0 Å². The Morgan fingerprint density at radius 2 is 1.11 bits per heavy atom. The molecule has 1 aromatic rings. The molecule has 0 atom stereocenters. The Morgan fingerprint density at radius 3 is 1.56 bits per heavy atom. The molecule has 2 fully saturated rings. The lowest BCUT2D eigenvalue weighted by atomic mass is 9.80. The normalized spacial score (nSPS) is 23.1. The average molecular weight is 240 g/mol. The van der Waals surface area contributed by atoms with Crippen LogP contribution in [0.1, 0.15) is 87.2 Å². The molecular formula is C18H24. The van der Waals surface area contributed by atoms with Crippen LogP contribution in [0.5, 0.6) is 0 Å². The predicted octanol–water partition coefficient (Wildman–Crippen LogP) is 5.38. The van der Waals surface area contributed by atoms with E-state index in [2.05, 4.69) is 24.3 Å². The van der Waals surface area contributed by atoms with E-state index in [0.29, 0.717) is 0 Å². The molecule has 2 aliphatic carbocycles. The van der Waals surface area contributed by atoms with Crippen molar-refractivity contribution in [3.63, 3.8) is 0 Å². The monoisotopic (exact) mass is 240 g/mol. The number of benzene rings is 1. The van der Waals surface area contributed by atoms with Crippen LogP contribution in [0.4, 0.5) is 0 Å². The second kappa shape index (κ2) is 5.91. The molecule has 0 N–H and O–H groups in total. The number of rotatable bonds is 2. The van der Waals surface area contributed by atoms with Gasteiger partial charge in [0.2, 0.25) is 0 Å². The quantitative estimate of drug-likeness (QED) is 0.651. The Morgan fingerprint density at radius 1 is 0.667 bits per heavy atom. The van der Waals surface area contributed by atoms with Crippen LogP contribution < -0.4 is 0 Å². The van der Waals surface area contributed by atoms with E-state index in [9.17, 15) is 0 Å². The maximum Gasteiger partial charge on any atom is -0.0108 e. The Kier molecular flexibility index (Phi) is 4.02. The van der Waals surface area contributed by atoms with Crippen molar-refractivity contribution in [3.8, 4) is 0 Å². The van der Waals surface area contributed by atoms with Crippen LogP contribution in [-0.4, -0.2) is 0 Å². The third kappa shape index (κ3) is 2.79. The standard InChI is InChI=1S/C18H24/c1-3-8-15(9-4-1)17-12-7-13-18(14-17)16-10-5-2-6-11-16/h12-13,15-16H,1-6,8-11H2. The summed E-state index contributed by atoms with van der Waals surface area (Å²) in [7, 11) is 0. The zero-order valence-corrected chi connectivity index (χ0v) is 11.4. The van der Waals surface area contributed by atoms with Gasteiger partial charge in [0.05, 0.1) is 0 Å². The van der Waals surface area contributed by atoms with E-state index >= 15 is 0 Å². The molecule has 1 aromatic carbocycles. The van der Waals surface area contributed by atoms with Crippen molar-refractivity contribution < 1.29 is 0 Å². The first-order chi connectivity index (χ1) is 8.93. The Bertz CT molecular complexity index is 334. The lowest BCUT2D eigenvalue weighted by Gasteiger charge is -2.25. The molecule has 0 spiro atoms. The van der Waals surface area contributed by atoms with Gasteiger partial charge in [0.25, 0.3) is 0 Å². The highest BCUT2D eigenvalue weighted by Crippen LogP contribution is 2.36. The molecule has 0 aliphatic heterocycles. The Balaban J connectivity index is 1.75. The van der Waals surface area contributed by atoms with Crippen molar-refractivity contribution in [2.45, 2.75) is 76.0 Å². The van der Waals surface area contributed by atoms with Gasteiger partial charge >= 0.3 is 0 Å². The fourth-order valence-corrected chi connectivity index (χ4v) is 3.73. The fourth-order valence-electron chi connectivity index (χ4n) is 3.73. The first-order valence-electron chi connectivity index (χ1n) is 7.87. The first-order valence-corrected chi connectivity index (χ1v) is 7.87. The molecule has 0 heteroatoms. The molecule has 2 saturated carbocycles. The van der Waals surface area contributed by atoms with E-state index in [1.165, 1.54) is 75.3 Å². The summed E-state index contributed by atoms with van der Waals surface area (Å²) in [5, 5.41) is 0. The third-order valence-electron chi connectivity index (χ3n) is 4.86. The molecule has 0 nitrogen and oxygen atoms in total. The molecule has 0 amide bonds. The van der Waals surface area contributed by atoms with Crippen molar-refractivity contribution in [2.24, 2.45) is 0 Å². The first kappa shape index (κ1) is 12.3. The molecule has 0 aromatic heterocycles. The molecule has 18 heavy (non-hydrogen) atoms. The van der Waals surface area contributed by atoms with Crippen molar-refractivity contribution in [3.05, 3.63) is 35.4 Å². The van der Waals surface area contributed by atoms with Gasteiger partial charge in [-0.05, 0) is 60.8 Å². The van der Waals surface area contributed by atoms with E-state index in [0.717, 1.165) is 11.8 Å². The summed E-state index contributed by atoms with van der Waals surface area (Å²) in [5.74, 6) is 1.55. The van der Waals surface area contributed by atoms with Gasteiger partial charge in [0.15, 0.2) is 0 Å². The summed E-state index contributed by atoms with van der Waals surface area (Å²) >= 11 is 0. The van der Waals surface area contributed by atoms with Gasteiger partial charge in [0, 0.05) is 0 Å². The third-order valence-corrected chi connectivity index (χ3v) is 4.86. The lowest BCUT2D eigenvalue weighted by Crippen LogP contribution is -2.08. The van der Waals surface area contributed by atoms with E-state index < -0.39 is 0 Å². The van der Waals surface area contributed by atoms with Gasteiger partial charge in [0.1, 0.15) is 0 Å². The molecule has 3 rings (SSSR count). The predicted molar refractivity (Wildman–Crippen MR) is 75.8 cm³/mol. The molecular weight excluding hydrogens is 216 g/mol. The van der Waals surface area contributed by atoms with E-state index in [1.807, 2.05) is 0 Å². The Labute approximate surface area is 112 Å². The molecule has 2 aliphatic rings. The molecule has 2 radical (unpaired) electrons. The number of hydrogen-bond donors (Lipinski definition) is 0. The van der Waals surface area contributed by atoms with Crippen LogP contribution in [0.15, 0.2) is 12.1 Å². The highest BCUT2D eigenvalue weighted by Gasteiger charge is 2.19. The van der Waals surface area contributed by atoms with Crippen LogP contribution in [0.3, 0.4) is 0 Å². The second-order valence-electron chi connectivity index (χ2n) is 6.16. The maximum atomic E-state index is 3.75.